The van der Waals surface area contributed by atoms with Crippen LogP contribution in [-0.2, 0) is 14.6 Å². The SMILES string of the molecule is CCN(CCNC1CCS(=O)(=O)C1)C(C)COC. The van der Waals surface area contributed by atoms with E-state index in [0.29, 0.717) is 17.5 Å². The first-order chi connectivity index (χ1) is 8.48. The van der Waals surface area contributed by atoms with Gasteiger partial charge in [-0.15, -0.1) is 0 Å². The smallest absolute Gasteiger partial charge is 0.151 e. The molecule has 0 aliphatic carbocycles. The van der Waals surface area contributed by atoms with Gasteiger partial charge in [0.2, 0.25) is 0 Å². The van der Waals surface area contributed by atoms with Crippen molar-refractivity contribution in [2.45, 2.75) is 32.4 Å². The zero-order valence-corrected chi connectivity index (χ0v) is 12.5. The molecule has 2 unspecified atom stereocenters. The first-order valence-electron chi connectivity index (χ1n) is 6.65. The third kappa shape index (κ3) is 5.22. The summed E-state index contributed by atoms with van der Waals surface area (Å²) in [5.41, 5.74) is 0. The Balaban J connectivity index is 2.23. The molecular weight excluding hydrogens is 252 g/mol. The predicted octanol–water partition coefficient (Wildman–Crippen LogP) is 0.120. The van der Waals surface area contributed by atoms with Crippen LogP contribution in [0.3, 0.4) is 0 Å². The second-order valence-electron chi connectivity index (χ2n) is 4.99. The molecule has 0 amide bonds. The first kappa shape index (κ1) is 15.9. The molecular formula is C12H26N2O3S. The number of rotatable bonds is 8. The molecule has 5 nitrogen and oxygen atoms in total. The van der Waals surface area contributed by atoms with Gasteiger partial charge < -0.3 is 10.1 Å². The van der Waals surface area contributed by atoms with E-state index in [0.717, 1.165) is 32.7 Å². The molecule has 6 heteroatoms. The summed E-state index contributed by atoms with van der Waals surface area (Å²) in [4.78, 5) is 2.33. The summed E-state index contributed by atoms with van der Waals surface area (Å²) in [5.74, 6) is 0.634. The number of methoxy groups -OCH3 is 1. The van der Waals surface area contributed by atoms with Crippen molar-refractivity contribution in [3.63, 3.8) is 0 Å². The van der Waals surface area contributed by atoms with E-state index in [1.165, 1.54) is 0 Å². The van der Waals surface area contributed by atoms with Gasteiger partial charge in [0.1, 0.15) is 0 Å². The van der Waals surface area contributed by atoms with Gasteiger partial charge in [0, 0.05) is 32.3 Å². The Labute approximate surface area is 111 Å². The molecule has 0 spiro atoms. The van der Waals surface area contributed by atoms with Crippen LogP contribution in [0.25, 0.3) is 0 Å². The number of nitrogens with zero attached hydrogens (tertiary/aromatic N) is 1. The van der Waals surface area contributed by atoms with E-state index in [2.05, 4.69) is 24.1 Å². The topological polar surface area (TPSA) is 58.6 Å². The van der Waals surface area contributed by atoms with Gasteiger partial charge in [-0.3, -0.25) is 4.90 Å². The fourth-order valence-corrected chi connectivity index (χ4v) is 4.11. The average molecular weight is 278 g/mol. The first-order valence-corrected chi connectivity index (χ1v) is 8.47. The Morgan fingerprint density at radius 1 is 1.50 bits per heavy atom. The highest BCUT2D eigenvalue weighted by molar-refractivity contribution is 7.91. The molecule has 1 aliphatic rings. The molecule has 1 heterocycles. The van der Waals surface area contributed by atoms with Crippen molar-refractivity contribution in [1.29, 1.82) is 0 Å². The Morgan fingerprint density at radius 2 is 2.22 bits per heavy atom. The number of likely N-dealkylation sites (N-methyl/N-ethyl adjacent to an activating group) is 1. The summed E-state index contributed by atoms with van der Waals surface area (Å²) in [7, 11) is -1.06. The second kappa shape index (κ2) is 7.43. The highest BCUT2D eigenvalue weighted by Gasteiger charge is 2.27. The third-order valence-corrected chi connectivity index (χ3v) is 5.27. The highest BCUT2D eigenvalue weighted by Crippen LogP contribution is 2.10. The summed E-state index contributed by atoms with van der Waals surface area (Å²) in [5, 5.41) is 3.34. The predicted molar refractivity (Wildman–Crippen MR) is 73.6 cm³/mol. The molecule has 1 rings (SSSR count). The van der Waals surface area contributed by atoms with Crippen LogP contribution in [0.15, 0.2) is 0 Å². The van der Waals surface area contributed by atoms with Crippen molar-refractivity contribution in [2.75, 3.05) is 44.9 Å². The van der Waals surface area contributed by atoms with Crippen LogP contribution in [0.5, 0.6) is 0 Å². The van der Waals surface area contributed by atoms with E-state index in [-0.39, 0.29) is 6.04 Å². The molecule has 108 valence electrons. The van der Waals surface area contributed by atoms with Crippen LogP contribution in [0.2, 0.25) is 0 Å². The average Bonchev–Trinajstić information content (AvgIpc) is 2.64. The van der Waals surface area contributed by atoms with Gasteiger partial charge in [-0.25, -0.2) is 8.42 Å². The lowest BCUT2D eigenvalue weighted by Crippen LogP contribution is -2.42. The Morgan fingerprint density at radius 3 is 2.72 bits per heavy atom. The molecule has 1 N–H and O–H groups in total. The fraction of sp³-hybridized carbons (Fsp3) is 1.00. The lowest BCUT2D eigenvalue weighted by molar-refractivity contribution is 0.103. The molecule has 1 aliphatic heterocycles. The number of sulfone groups is 1. The maximum atomic E-state index is 11.3. The molecule has 2 atom stereocenters. The highest BCUT2D eigenvalue weighted by atomic mass is 32.2. The molecule has 1 fully saturated rings. The summed E-state index contributed by atoms with van der Waals surface area (Å²) in [6.45, 7) is 7.75. The van der Waals surface area contributed by atoms with Gasteiger partial charge in [-0.2, -0.15) is 0 Å². The van der Waals surface area contributed by atoms with Crippen LogP contribution >= 0.6 is 0 Å². The zero-order valence-electron chi connectivity index (χ0n) is 11.7. The minimum absolute atomic E-state index is 0.145. The summed E-state index contributed by atoms with van der Waals surface area (Å²) in [6.07, 6.45) is 0.752. The van der Waals surface area contributed by atoms with E-state index in [9.17, 15) is 8.42 Å². The van der Waals surface area contributed by atoms with Crippen molar-refractivity contribution in [1.82, 2.24) is 10.2 Å². The fourth-order valence-electron chi connectivity index (χ4n) is 2.41. The van der Waals surface area contributed by atoms with Crippen LogP contribution in [0.1, 0.15) is 20.3 Å². The van der Waals surface area contributed by atoms with Gasteiger partial charge >= 0.3 is 0 Å². The second-order valence-corrected chi connectivity index (χ2v) is 7.22. The van der Waals surface area contributed by atoms with E-state index in [1.807, 2.05) is 0 Å². The molecule has 0 bridgehead atoms. The van der Waals surface area contributed by atoms with E-state index in [4.69, 9.17) is 4.74 Å². The largest absolute Gasteiger partial charge is 0.383 e. The van der Waals surface area contributed by atoms with Crippen LogP contribution in [0, 0.1) is 0 Å². The van der Waals surface area contributed by atoms with Crippen LogP contribution in [-0.4, -0.2) is 70.3 Å². The Bertz CT molecular complexity index is 332. The minimum atomic E-state index is -2.77. The Hall–Kier alpha value is -0.170. The summed E-state index contributed by atoms with van der Waals surface area (Å²) in [6, 6.07) is 0.542. The van der Waals surface area contributed by atoms with Gasteiger partial charge in [0.15, 0.2) is 9.84 Å². The van der Waals surface area contributed by atoms with Crippen molar-refractivity contribution >= 4 is 9.84 Å². The molecule has 0 saturated carbocycles. The Kier molecular flexibility index (Phi) is 6.55. The van der Waals surface area contributed by atoms with Gasteiger partial charge in [-0.05, 0) is 19.9 Å². The monoisotopic (exact) mass is 278 g/mol. The normalized spacial score (nSPS) is 24.6. The van der Waals surface area contributed by atoms with E-state index in [1.54, 1.807) is 7.11 Å². The van der Waals surface area contributed by atoms with Gasteiger partial charge in [-0.1, -0.05) is 6.92 Å². The number of hydrogen-bond acceptors (Lipinski definition) is 5. The molecule has 0 aromatic rings. The lowest BCUT2D eigenvalue weighted by atomic mass is 10.2. The standard InChI is InChI=1S/C12H26N2O3S/c1-4-14(11(2)9-17-3)7-6-13-12-5-8-18(15,16)10-12/h11-13H,4-10H2,1-3H3. The number of nitrogens with one attached hydrogen (secondary N) is 1. The van der Waals surface area contributed by atoms with Gasteiger partial charge in [0.25, 0.3) is 0 Å². The van der Waals surface area contributed by atoms with Crippen molar-refractivity contribution in [3.8, 4) is 0 Å². The van der Waals surface area contributed by atoms with E-state index < -0.39 is 9.84 Å². The zero-order chi connectivity index (χ0) is 13.6. The maximum absolute atomic E-state index is 11.3. The molecule has 1 saturated heterocycles. The summed E-state index contributed by atoms with van der Waals surface area (Å²) < 4.78 is 27.8. The molecule has 0 radical (unpaired) electrons. The van der Waals surface area contributed by atoms with Crippen molar-refractivity contribution in [3.05, 3.63) is 0 Å². The number of ether oxygens (including phenoxy) is 1. The third-order valence-electron chi connectivity index (χ3n) is 3.50. The maximum Gasteiger partial charge on any atom is 0.151 e. The summed E-state index contributed by atoms with van der Waals surface area (Å²) >= 11 is 0. The quantitative estimate of drug-likeness (QED) is 0.683. The lowest BCUT2D eigenvalue weighted by Gasteiger charge is -2.27. The molecule has 0 aromatic heterocycles. The van der Waals surface area contributed by atoms with Crippen molar-refractivity contribution < 1.29 is 13.2 Å². The number of hydrogen-bond donors (Lipinski definition) is 1. The van der Waals surface area contributed by atoms with Crippen molar-refractivity contribution in [2.24, 2.45) is 0 Å². The minimum Gasteiger partial charge on any atom is -0.383 e. The van der Waals surface area contributed by atoms with Crippen LogP contribution < -0.4 is 5.32 Å². The van der Waals surface area contributed by atoms with E-state index >= 15 is 0 Å². The van der Waals surface area contributed by atoms with Crippen LogP contribution in [0.4, 0.5) is 0 Å². The van der Waals surface area contributed by atoms with Gasteiger partial charge in [0.05, 0.1) is 18.1 Å². The molecule has 18 heavy (non-hydrogen) atoms. The molecule has 0 aromatic carbocycles.